The molecule has 61 heavy (non-hydrogen) atoms. The molecule has 0 aliphatic carbocycles. The minimum Gasteiger partial charge on any atom is -0.756 e. The number of phosphoric ester groups is 1. The molecule has 0 fully saturated rings. The number of quaternary nitrogens is 1. The fourth-order valence-corrected chi connectivity index (χ4v) is 8.18. The fraction of sp³-hybridized carbons (Fsp3) is 0.865. The standard InChI is InChI=1S/C52H101N2O6P/c1-6-8-10-12-14-16-18-20-21-22-23-24-25-26-27-28-29-30-31-32-34-36-38-40-42-44-46-52(56)53-50(49-60-61(57,58)59-48-47-54(3,4)5)51(55)45-43-41-39-37-35-33-19-17-15-13-11-9-7-2/h26-27,35,37,43,45,50-51,55H,6-25,28-34,36,38-42,44,46-49H2,1-5H3,(H-,53,56,57,58)/b27-26-,37-35+,45-43+. The summed E-state index contributed by atoms with van der Waals surface area (Å²) in [5.41, 5.74) is 0. The molecule has 0 saturated heterocycles. The lowest BCUT2D eigenvalue weighted by molar-refractivity contribution is -0.870. The van der Waals surface area contributed by atoms with Gasteiger partial charge in [-0.25, -0.2) is 0 Å². The molecule has 8 nitrogen and oxygen atoms in total. The van der Waals surface area contributed by atoms with E-state index in [9.17, 15) is 19.4 Å². The van der Waals surface area contributed by atoms with Crippen molar-refractivity contribution in [2.75, 3.05) is 40.9 Å². The van der Waals surface area contributed by atoms with Gasteiger partial charge in [0.25, 0.3) is 7.82 Å². The third-order valence-electron chi connectivity index (χ3n) is 11.6. The Hall–Kier alpha value is -1.28. The van der Waals surface area contributed by atoms with Gasteiger partial charge in [0, 0.05) is 6.42 Å². The predicted molar refractivity (Wildman–Crippen MR) is 261 cm³/mol. The minimum absolute atomic E-state index is 0.00629. The Morgan fingerprint density at radius 1 is 0.557 bits per heavy atom. The van der Waals surface area contributed by atoms with Gasteiger partial charge in [-0.3, -0.25) is 9.36 Å². The average molecular weight is 881 g/mol. The number of carbonyl (C=O) groups is 1. The van der Waals surface area contributed by atoms with Gasteiger partial charge in [0.15, 0.2) is 0 Å². The molecule has 0 saturated carbocycles. The van der Waals surface area contributed by atoms with Crippen molar-refractivity contribution in [2.45, 2.75) is 251 Å². The van der Waals surface area contributed by atoms with Crippen molar-refractivity contribution in [3.05, 3.63) is 36.5 Å². The van der Waals surface area contributed by atoms with Gasteiger partial charge < -0.3 is 28.8 Å². The van der Waals surface area contributed by atoms with Crippen LogP contribution in [0.1, 0.15) is 239 Å². The van der Waals surface area contributed by atoms with Gasteiger partial charge >= 0.3 is 0 Å². The van der Waals surface area contributed by atoms with Crippen LogP contribution in [0.4, 0.5) is 0 Å². The summed E-state index contributed by atoms with van der Waals surface area (Å²) in [5, 5.41) is 13.8. The lowest BCUT2D eigenvalue weighted by Gasteiger charge is -2.29. The summed E-state index contributed by atoms with van der Waals surface area (Å²) in [6.07, 6.45) is 55.0. The number of amides is 1. The molecule has 0 aliphatic rings. The van der Waals surface area contributed by atoms with Gasteiger partial charge in [0.1, 0.15) is 13.2 Å². The third-order valence-corrected chi connectivity index (χ3v) is 12.5. The molecule has 0 aromatic carbocycles. The van der Waals surface area contributed by atoms with Gasteiger partial charge in [-0.2, -0.15) is 0 Å². The van der Waals surface area contributed by atoms with Crippen LogP contribution in [-0.4, -0.2) is 68.5 Å². The SMILES string of the molecule is CCCCCCCCC/C=C/CC/C=C/C(O)C(COP(=O)([O-])OCC[N+](C)(C)C)NC(=O)CCCCCCCCCCCC/C=C\CCCCCCCCCCCCCC. The summed E-state index contributed by atoms with van der Waals surface area (Å²) in [5.74, 6) is -0.208. The number of unbranched alkanes of at least 4 members (excludes halogenated alkanes) is 30. The average Bonchev–Trinajstić information content (AvgIpc) is 3.21. The summed E-state index contributed by atoms with van der Waals surface area (Å²) >= 11 is 0. The molecule has 1 amide bonds. The summed E-state index contributed by atoms with van der Waals surface area (Å²) < 4.78 is 23.2. The highest BCUT2D eigenvalue weighted by Gasteiger charge is 2.23. The fourth-order valence-electron chi connectivity index (χ4n) is 7.46. The number of phosphoric acid groups is 1. The number of allylic oxidation sites excluding steroid dienone is 5. The Kier molecular flexibility index (Phi) is 43.0. The van der Waals surface area contributed by atoms with Gasteiger partial charge in [0.05, 0.1) is 39.9 Å². The number of aliphatic hydroxyl groups is 1. The van der Waals surface area contributed by atoms with Crippen LogP contribution < -0.4 is 10.2 Å². The Morgan fingerprint density at radius 2 is 0.918 bits per heavy atom. The Bertz CT molecular complexity index is 1090. The zero-order valence-corrected chi connectivity index (χ0v) is 41.8. The predicted octanol–water partition coefficient (Wildman–Crippen LogP) is 14.4. The number of nitrogens with zero attached hydrogens (tertiary/aromatic N) is 1. The van der Waals surface area contributed by atoms with E-state index in [1.807, 2.05) is 27.2 Å². The van der Waals surface area contributed by atoms with Crippen LogP contribution in [0.15, 0.2) is 36.5 Å². The molecule has 0 rings (SSSR count). The molecule has 0 spiro atoms. The Morgan fingerprint density at radius 3 is 1.33 bits per heavy atom. The highest BCUT2D eigenvalue weighted by molar-refractivity contribution is 7.45. The van der Waals surface area contributed by atoms with E-state index in [-0.39, 0.29) is 12.5 Å². The van der Waals surface area contributed by atoms with Crippen LogP contribution in [0.3, 0.4) is 0 Å². The van der Waals surface area contributed by atoms with Crippen LogP contribution in [0.2, 0.25) is 0 Å². The zero-order chi connectivity index (χ0) is 45.0. The highest BCUT2D eigenvalue weighted by atomic mass is 31.2. The molecule has 9 heteroatoms. The topological polar surface area (TPSA) is 108 Å². The van der Waals surface area contributed by atoms with Crippen molar-refractivity contribution in [3.8, 4) is 0 Å². The molecule has 3 unspecified atom stereocenters. The molecule has 0 heterocycles. The first kappa shape index (κ1) is 59.7. The largest absolute Gasteiger partial charge is 0.756 e. The van der Waals surface area contributed by atoms with E-state index in [4.69, 9.17) is 9.05 Å². The first-order valence-electron chi connectivity index (χ1n) is 25.9. The van der Waals surface area contributed by atoms with Crippen molar-refractivity contribution in [2.24, 2.45) is 0 Å². The number of hydrogen-bond donors (Lipinski definition) is 2. The lowest BCUT2D eigenvalue weighted by Crippen LogP contribution is -2.45. The molecular weight excluding hydrogens is 780 g/mol. The van der Waals surface area contributed by atoms with Crippen LogP contribution in [-0.2, 0) is 18.4 Å². The van der Waals surface area contributed by atoms with Crippen molar-refractivity contribution in [1.82, 2.24) is 5.32 Å². The van der Waals surface area contributed by atoms with Crippen molar-refractivity contribution in [1.29, 1.82) is 0 Å². The number of rotatable bonds is 47. The number of likely N-dealkylation sites (N-methyl/N-ethyl adjacent to an activating group) is 1. The summed E-state index contributed by atoms with van der Waals surface area (Å²) in [7, 11) is 1.24. The van der Waals surface area contributed by atoms with Gasteiger partial charge in [-0.1, -0.05) is 211 Å². The van der Waals surface area contributed by atoms with E-state index < -0.39 is 26.6 Å². The molecule has 0 radical (unpaired) electrons. The quantitative estimate of drug-likeness (QED) is 0.0273. The molecular formula is C52H101N2O6P. The molecule has 360 valence electrons. The maximum absolute atomic E-state index is 12.9. The number of aliphatic hydroxyl groups excluding tert-OH is 1. The summed E-state index contributed by atoms with van der Waals surface area (Å²) in [6, 6.07) is -0.902. The maximum atomic E-state index is 12.9. The van der Waals surface area contributed by atoms with Crippen LogP contribution in [0, 0.1) is 0 Å². The smallest absolute Gasteiger partial charge is 0.268 e. The van der Waals surface area contributed by atoms with Crippen molar-refractivity contribution in [3.63, 3.8) is 0 Å². The molecule has 0 aliphatic heterocycles. The van der Waals surface area contributed by atoms with E-state index in [0.717, 1.165) is 38.5 Å². The van der Waals surface area contributed by atoms with Gasteiger partial charge in [-0.05, 0) is 57.8 Å². The zero-order valence-electron chi connectivity index (χ0n) is 40.9. The number of nitrogens with one attached hydrogen (secondary N) is 1. The minimum atomic E-state index is -4.60. The lowest BCUT2D eigenvalue weighted by atomic mass is 10.0. The second-order valence-electron chi connectivity index (χ2n) is 18.9. The van der Waals surface area contributed by atoms with E-state index in [2.05, 4.69) is 43.5 Å². The number of hydrogen-bond acceptors (Lipinski definition) is 6. The maximum Gasteiger partial charge on any atom is 0.268 e. The first-order valence-corrected chi connectivity index (χ1v) is 27.3. The molecule has 3 atom stereocenters. The van der Waals surface area contributed by atoms with Crippen LogP contribution >= 0.6 is 7.82 Å². The van der Waals surface area contributed by atoms with Crippen molar-refractivity contribution < 1.29 is 32.9 Å². The summed E-state index contributed by atoms with van der Waals surface area (Å²) in [6.45, 7) is 4.63. The Labute approximate surface area is 378 Å². The second kappa shape index (κ2) is 43.9. The Balaban J connectivity index is 4.20. The van der Waals surface area contributed by atoms with Crippen molar-refractivity contribution >= 4 is 13.7 Å². The van der Waals surface area contributed by atoms with Gasteiger partial charge in [0.2, 0.25) is 5.91 Å². The van der Waals surface area contributed by atoms with Crippen LogP contribution in [0.5, 0.6) is 0 Å². The second-order valence-corrected chi connectivity index (χ2v) is 20.3. The highest BCUT2D eigenvalue weighted by Crippen LogP contribution is 2.38. The van der Waals surface area contributed by atoms with Crippen LogP contribution in [0.25, 0.3) is 0 Å². The van der Waals surface area contributed by atoms with Gasteiger partial charge in [-0.15, -0.1) is 0 Å². The van der Waals surface area contributed by atoms with E-state index in [1.54, 1.807) is 6.08 Å². The third kappa shape index (κ3) is 46.5. The molecule has 2 N–H and O–H groups in total. The number of carbonyl (C=O) groups excluding carboxylic acids is 1. The van der Waals surface area contributed by atoms with E-state index >= 15 is 0 Å². The summed E-state index contributed by atoms with van der Waals surface area (Å²) in [4.78, 5) is 25.4. The molecule has 0 aromatic heterocycles. The molecule has 0 bridgehead atoms. The van der Waals surface area contributed by atoms with E-state index in [1.165, 1.54) is 180 Å². The van der Waals surface area contributed by atoms with E-state index in [0.29, 0.717) is 17.4 Å². The monoisotopic (exact) mass is 881 g/mol. The molecule has 0 aromatic rings. The normalized spacial score (nSPS) is 14.4. The first-order chi connectivity index (χ1) is 29.5.